The van der Waals surface area contributed by atoms with Crippen LogP contribution >= 0.6 is 0 Å². The molecule has 1 aromatic rings. The maximum absolute atomic E-state index is 5.19. The third-order valence-corrected chi connectivity index (χ3v) is 4.26. The molecule has 1 spiro atoms. The highest BCUT2D eigenvalue weighted by molar-refractivity contribution is 5.49. The SMILES string of the molecule is COc1ccc(N2CCC3(CC2)CNC3)cc1. The van der Waals surface area contributed by atoms with Crippen molar-refractivity contribution in [1.29, 1.82) is 0 Å². The zero-order valence-electron chi connectivity index (χ0n) is 10.4. The molecule has 2 fully saturated rings. The van der Waals surface area contributed by atoms with Crippen molar-refractivity contribution in [2.75, 3.05) is 38.2 Å². The van der Waals surface area contributed by atoms with Crippen LogP contribution in [0.4, 0.5) is 5.69 Å². The van der Waals surface area contributed by atoms with E-state index in [9.17, 15) is 0 Å². The van der Waals surface area contributed by atoms with Crippen LogP contribution in [0.3, 0.4) is 0 Å². The van der Waals surface area contributed by atoms with Crippen molar-refractivity contribution >= 4 is 5.69 Å². The molecule has 0 radical (unpaired) electrons. The molecule has 17 heavy (non-hydrogen) atoms. The first-order valence-corrected chi connectivity index (χ1v) is 6.41. The van der Waals surface area contributed by atoms with Gasteiger partial charge < -0.3 is 15.0 Å². The number of nitrogens with one attached hydrogen (secondary N) is 1. The quantitative estimate of drug-likeness (QED) is 0.842. The third kappa shape index (κ3) is 2.00. The Labute approximate surface area is 103 Å². The van der Waals surface area contributed by atoms with Crippen molar-refractivity contribution < 1.29 is 4.74 Å². The molecular formula is C14H20N2O. The molecule has 1 N–H and O–H groups in total. The van der Waals surface area contributed by atoms with Gasteiger partial charge in [-0.1, -0.05) is 0 Å². The summed E-state index contributed by atoms with van der Waals surface area (Å²) in [5.41, 5.74) is 1.95. The standard InChI is InChI=1S/C14H20N2O/c1-17-13-4-2-12(3-5-13)16-8-6-14(7-9-16)10-15-11-14/h2-5,15H,6-11H2,1H3. The fraction of sp³-hybridized carbons (Fsp3) is 0.571. The largest absolute Gasteiger partial charge is 0.497 e. The van der Waals surface area contributed by atoms with E-state index in [-0.39, 0.29) is 0 Å². The smallest absolute Gasteiger partial charge is 0.119 e. The highest BCUT2D eigenvalue weighted by atomic mass is 16.5. The van der Waals surface area contributed by atoms with Gasteiger partial charge in [-0.15, -0.1) is 0 Å². The van der Waals surface area contributed by atoms with Gasteiger partial charge in [0.1, 0.15) is 5.75 Å². The fourth-order valence-electron chi connectivity index (χ4n) is 2.86. The predicted octanol–water partition coefficient (Wildman–Crippen LogP) is 1.88. The number of rotatable bonds is 2. The van der Waals surface area contributed by atoms with Gasteiger partial charge in [-0.3, -0.25) is 0 Å². The first-order valence-electron chi connectivity index (χ1n) is 6.41. The lowest BCUT2D eigenvalue weighted by Gasteiger charge is -2.49. The average Bonchev–Trinajstić information content (AvgIpc) is 2.37. The summed E-state index contributed by atoms with van der Waals surface area (Å²) in [4.78, 5) is 2.49. The number of methoxy groups -OCH3 is 1. The van der Waals surface area contributed by atoms with Crippen LogP contribution in [0, 0.1) is 5.41 Å². The molecule has 3 rings (SSSR count). The molecule has 0 aromatic heterocycles. The summed E-state index contributed by atoms with van der Waals surface area (Å²) in [5.74, 6) is 0.936. The summed E-state index contributed by atoms with van der Waals surface area (Å²) >= 11 is 0. The number of ether oxygens (including phenoxy) is 1. The van der Waals surface area contributed by atoms with Crippen molar-refractivity contribution in [3.8, 4) is 5.75 Å². The topological polar surface area (TPSA) is 24.5 Å². The minimum absolute atomic E-state index is 0.628. The van der Waals surface area contributed by atoms with Crippen molar-refractivity contribution in [3.05, 3.63) is 24.3 Å². The second kappa shape index (κ2) is 4.22. The molecule has 2 aliphatic rings. The maximum atomic E-state index is 5.19. The minimum Gasteiger partial charge on any atom is -0.497 e. The van der Waals surface area contributed by atoms with E-state index in [0.29, 0.717) is 5.41 Å². The van der Waals surface area contributed by atoms with E-state index in [1.165, 1.54) is 44.7 Å². The van der Waals surface area contributed by atoms with Gasteiger partial charge in [-0.25, -0.2) is 0 Å². The summed E-state index contributed by atoms with van der Waals surface area (Å²) in [6, 6.07) is 8.42. The Morgan fingerprint density at radius 2 is 1.76 bits per heavy atom. The second-order valence-corrected chi connectivity index (χ2v) is 5.29. The summed E-state index contributed by atoms with van der Waals surface area (Å²) in [6.45, 7) is 4.83. The summed E-state index contributed by atoms with van der Waals surface area (Å²) in [6.07, 6.45) is 2.65. The normalized spacial score (nSPS) is 22.3. The number of piperidine rings is 1. The van der Waals surface area contributed by atoms with Crippen LogP contribution in [0.2, 0.25) is 0 Å². The molecule has 92 valence electrons. The summed E-state index contributed by atoms with van der Waals surface area (Å²) in [5, 5.41) is 3.41. The van der Waals surface area contributed by atoms with E-state index in [4.69, 9.17) is 4.74 Å². The maximum Gasteiger partial charge on any atom is 0.119 e. The number of hydrogen-bond donors (Lipinski definition) is 1. The van der Waals surface area contributed by atoms with Gasteiger partial charge in [0, 0.05) is 31.9 Å². The minimum atomic E-state index is 0.628. The molecule has 0 saturated carbocycles. The van der Waals surface area contributed by atoms with E-state index in [1.807, 2.05) is 12.1 Å². The Balaban J connectivity index is 1.65. The van der Waals surface area contributed by atoms with Crippen LogP contribution in [0.15, 0.2) is 24.3 Å². The van der Waals surface area contributed by atoms with Crippen LogP contribution in [0.5, 0.6) is 5.75 Å². The third-order valence-electron chi connectivity index (χ3n) is 4.26. The van der Waals surface area contributed by atoms with Crippen LogP contribution in [-0.4, -0.2) is 33.3 Å². The molecule has 2 aliphatic heterocycles. The lowest BCUT2D eigenvalue weighted by molar-refractivity contribution is 0.126. The average molecular weight is 232 g/mol. The number of hydrogen-bond acceptors (Lipinski definition) is 3. The molecule has 0 aliphatic carbocycles. The van der Waals surface area contributed by atoms with Crippen molar-refractivity contribution in [2.24, 2.45) is 5.41 Å². The van der Waals surface area contributed by atoms with E-state index in [0.717, 1.165) is 5.75 Å². The Morgan fingerprint density at radius 1 is 1.12 bits per heavy atom. The molecule has 3 heteroatoms. The molecule has 2 heterocycles. The Hall–Kier alpha value is -1.22. The van der Waals surface area contributed by atoms with Gasteiger partial charge >= 0.3 is 0 Å². The highest BCUT2D eigenvalue weighted by Gasteiger charge is 2.39. The van der Waals surface area contributed by atoms with E-state index in [1.54, 1.807) is 7.11 Å². The lowest BCUT2D eigenvalue weighted by Crippen LogP contribution is -2.58. The van der Waals surface area contributed by atoms with Crippen molar-refractivity contribution in [1.82, 2.24) is 5.32 Å². The monoisotopic (exact) mass is 232 g/mol. The first-order chi connectivity index (χ1) is 8.31. The Bertz CT molecular complexity index is 374. The predicted molar refractivity (Wildman–Crippen MR) is 69.7 cm³/mol. The zero-order chi connectivity index (χ0) is 11.7. The van der Waals surface area contributed by atoms with Gasteiger partial charge in [0.25, 0.3) is 0 Å². The molecule has 0 unspecified atom stereocenters. The highest BCUT2D eigenvalue weighted by Crippen LogP contribution is 2.36. The van der Waals surface area contributed by atoms with Crippen LogP contribution in [-0.2, 0) is 0 Å². The van der Waals surface area contributed by atoms with Crippen molar-refractivity contribution in [3.63, 3.8) is 0 Å². The van der Waals surface area contributed by atoms with E-state index < -0.39 is 0 Å². The van der Waals surface area contributed by atoms with Crippen LogP contribution in [0.1, 0.15) is 12.8 Å². The molecule has 0 bridgehead atoms. The van der Waals surface area contributed by atoms with Gasteiger partial charge in [-0.2, -0.15) is 0 Å². The summed E-state index contributed by atoms with van der Waals surface area (Å²) in [7, 11) is 1.71. The molecule has 0 amide bonds. The van der Waals surface area contributed by atoms with Crippen LogP contribution in [0.25, 0.3) is 0 Å². The van der Waals surface area contributed by atoms with Gasteiger partial charge in [0.15, 0.2) is 0 Å². The summed E-state index contributed by atoms with van der Waals surface area (Å²) < 4.78 is 5.19. The zero-order valence-corrected chi connectivity index (χ0v) is 10.4. The van der Waals surface area contributed by atoms with Crippen molar-refractivity contribution in [2.45, 2.75) is 12.8 Å². The number of benzene rings is 1. The second-order valence-electron chi connectivity index (χ2n) is 5.29. The fourth-order valence-corrected chi connectivity index (χ4v) is 2.86. The lowest BCUT2D eigenvalue weighted by atomic mass is 9.73. The Morgan fingerprint density at radius 3 is 2.24 bits per heavy atom. The number of nitrogens with zero attached hydrogens (tertiary/aromatic N) is 1. The van der Waals surface area contributed by atoms with Crippen LogP contribution < -0.4 is 15.0 Å². The molecule has 3 nitrogen and oxygen atoms in total. The van der Waals surface area contributed by atoms with E-state index in [2.05, 4.69) is 22.3 Å². The molecule has 0 atom stereocenters. The molecule has 2 saturated heterocycles. The van der Waals surface area contributed by atoms with Gasteiger partial charge in [0.05, 0.1) is 7.11 Å². The Kier molecular flexibility index (Phi) is 2.71. The number of anilines is 1. The first kappa shape index (κ1) is 10.9. The van der Waals surface area contributed by atoms with Gasteiger partial charge in [-0.05, 0) is 42.5 Å². The molecule has 1 aromatic carbocycles. The molecular weight excluding hydrogens is 212 g/mol. The van der Waals surface area contributed by atoms with E-state index >= 15 is 0 Å². The van der Waals surface area contributed by atoms with Gasteiger partial charge in [0.2, 0.25) is 0 Å².